The van der Waals surface area contributed by atoms with E-state index in [9.17, 15) is 22.8 Å². The second kappa shape index (κ2) is 8.08. The maximum absolute atomic E-state index is 13.1. The molecule has 1 aromatic heterocycles. The van der Waals surface area contributed by atoms with E-state index in [1.807, 2.05) is 24.3 Å². The van der Waals surface area contributed by atoms with E-state index >= 15 is 0 Å². The van der Waals surface area contributed by atoms with Gasteiger partial charge in [0.15, 0.2) is 5.78 Å². The Kier molecular flexibility index (Phi) is 5.74. The average molecular weight is 403 g/mol. The normalized spacial score (nSPS) is 12.9. The van der Waals surface area contributed by atoms with Crippen LogP contribution in [0, 0.1) is 0 Å². The molecule has 1 unspecified atom stereocenters. The van der Waals surface area contributed by atoms with Crippen molar-refractivity contribution in [2.75, 3.05) is 18.9 Å². The number of anilines is 1. The summed E-state index contributed by atoms with van der Waals surface area (Å²) < 4.78 is 39.2. The topological polar surface area (TPSA) is 65.2 Å². The van der Waals surface area contributed by atoms with E-state index in [2.05, 4.69) is 10.3 Å². The molecule has 0 fully saturated rings. The van der Waals surface area contributed by atoms with Crippen LogP contribution in [0.25, 0.3) is 10.9 Å². The van der Waals surface area contributed by atoms with E-state index in [0.717, 1.165) is 17.0 Å². The molecule has 152 valence electrons. The number of nitrogens with zero attached hydrogens (tertiary/aromatic N) is 1. The monoisotopic (exact) mass is 403 g/mol. The van der Waals surface area contributed by atoms with Gasteiger partial charge in [-0.25, -0.2) is 0 Å². The van der Waals surface area contributed by atoms with E-state index < -0.39 is 23.7 Å². The molecule has 1 amide bonds. The maximum atomic E-state index is 13.1. The summed E-state index contributed by atoms with van der Waals surface area (Å²) in [6, 6.07) is 11.5. The van der Waals surface area contributed by atoms with Crippen LogP contribution in [0.4, 0.5) is 18.9 Å². The van der Waals surface area contributed by atoms with E-state index in [1.165, 1.54) is 23.1 Å². The number of aromatic amines is 1. The highest BCUT2D eigenvalue weighted by Gasteiger charge is 2.33. The van der Waals surface area contributed by atoms with Gasteiger partial charge < -0.3 is 10.3 Å². The molecule has 2 N–H and O–H groups in total. The van der Waals surface area contributed by atoms with Gasteiger partial charge in [-0.15, -0.1) is 0 Å². The molecule has 0 saturated carbocycles. The molecule has 29 heavy (non-hydrogen) atoms. The van der Waals surface area contributed by atoms with Gasteiger partial charge in [0.25, 0.3) is 0 Å². The van der Waals surface area contributed by atoms with Crippen molar-refractivity contribution in [1.29, 1.82) is 0 Å². The second-order valence-corrected chi connectivity index (χ2v) is 6.79. The molecule has 0 aliphatic heterocycles. The van der Waals surface area contributed by atoms with Crippen LogP contribution < -0.4 is 5.32 Å². The lowest BCUT2D eigenvalue weighted by Gasteiger charge is -2.23. The largest absolute Gasteiger partial charge is 0.418 e. The predicted octanol–water partition coefficient (Wildman–Crippen LogP) is 4.33. The SMILES string of the molecule is CC(C(=O)c1c[nH]c2ccccc12)N(C)CC(=O)Nc1ccccc1C(F)(F)F. The molecule has 3 rings (SSSR count). The van der Waals surface area contributed by atoms with Gasteiger partial charge in [0, 0.05) is 22.7 Å². The number of rotatable bonds is 6. The Labute approximate surface area is 165 Å². The Hall–Kier alpha value is -3.13. The fourth-order valence-corrected chi connectivity index (χ4v) is 3.09. The minimum absolute atomic E-state index is 0.187. The molecule has 3 aromatic rings. The van der Waals surface area contributed by atoms with Gasteiger partial charge >= 0.3 is 6.18 Å². The van der Waals surface area contributed by atoms with Gasteiger partial charge in [-0.3, -0.25) is 14.5 Å². The van der Waals surface area contributed by atoms with Crippen molar-refractivity contribution in [2.24, 2.45) is 0 Å². The summed E-state index contributed by atoms with van der Waals surface area (Å²) in [6.45, 7) is 1.42. The number of carbonyl (C=O) groups excluding carboxylic acids is 2. The number of nitrogens with one attached hydrogen (secondary N) is 2. The number of para-hydroxylation sites is 2. The fourth-order valence-electron chi connectivity index (χ4n) is 3.09. The minimum atomic E-state index is -4.58. The molecular weight excluding hydrogens is 383 g/mol. The summed E-state index contributed by atoms with van der Waals surface area (Å²) in [5.74, 6) is -0.823. The highest BCUT2D eigenvalue weighted by atomic mass is 19.4. The minimum Gasteiger partial charge on any atom is -0.360 e. The molecule has 0 aliphatic carbocycles. The summed E-state index contributed by atoms with van der Waals surface area (Å²) >= 11 is 0. The summed E-state index contributed by atoms with van der Waals surface area (Å²) in [7, 11) is 1.58. The van der Waals surface area contributed by atoms with Crippen LogP contribution in [0.1, 0.15) is 22.8 Å². The Morgan fingerprint density at radius 3 is 2.48 bits per heavy atom. The van der Waals surface area contributed by atoms with Crippen molar-refractivity contribution in [1.82, 2.24) is 9.88 Å². The number of Topliss-reactive ketones (excluding diaryl/α,β-unsaturated/α-hetero) is 1. The summed E-state index contributed by atoms with van der Waals surface area (Å²) in [5.41, 5.74) is 0.0999. The first-order chi connectivity index (χ1) is 13.7. The molecule has 0 bridgehead atoms. The molecule has 0 radical (unpaired) electrons. The summed E-state index contributed by atoms with van der Waals surface area (Å²) in [4.78, 5) is 29.7. The molecule has 2 aromatic carbocycles. The van der Waals surface area contributed by atoms with Gasteiger partial charge in [0.05, 0.1) is 23.8 Å². The lowest BCUT2D eigenvalue weighted by atomic mass is 10.0. The highest BCUT2D eigenvalue weighted by Crippen LogP contribution is 2.34. The van der Waals surface area contributed by atoms with Crippen LogP contribution in [0.3, 0.4) is 0 Å². The van der Waals surface area contributed by atoms with Crippen LogP contribution in [0.15, 0.2) is 54.7 Å². The zero-order chi connectivity index (χ0) is 21.2. The Balaban J connectivity index is 1.69. The fraction of sp³-hybridized carbons (Fsp3) is 0.238. The van der Waals surface area contributed by atoms with Crippen molar-refractivity contribution in [3.63, 3.8) is 0 Å². The van der Waals surface area contributed by atoms with E-state index in [1.54, 1.807) is 20.2 Å². The van der Waals surface area contributed by atoms with Gasteiger partial charge in [-0.1, -0.05) is 30.3 Å². The lowest BCUT2D eigenvalue weighted by molar-refractivity contribution is -0.137. The zero-order valence-electron chi connectivity index (χ0n) is 15.9. The van der Waals surface area contributed by atoms with Crippen molar-refractivity contribution >= 4 is 28.3 Å². The first-order valence-corrected chi connectivity index (χ1v) is 8.95. The number of carbonyl (C=O) groups is 2. The van der Waals surface area contributed by atoms with E-state index in [-0.39, 0.29) is 18.0 Å². The smallest absolute Gasteiger partial charge is 0.360 e. The van der Waals surface area contributed by atoms with Crippen LogP contribution in [0.2, 0.25) is 0 Å². The molecule has 8 heteroatoms. The number of likely N-dealkylation sites (N-methyl/N-ethyl adjacent to an activating group) is 1. The number of benzene rings is 2. The Morgan fingerprint density at radius 2 is 1.76 bits per heavy atom. The van der Waals surface area contributed by atoms with Crippen LogP contribution in [-0.4, -0.2) is 41.2 Å². The van der Waals surface area contributed by atoms with Gasteiger partial charge in [0.2, 0.25) is 5.91 Å². The third kappa shape index (κ3) is 4.48. The van der Waals surface area contributed by atoms with Crippen LogP contribution in [-0.2, 0) is 11.0 Å². The number of ketones is 1. The Bertz CT molecular complexity index is 1040. The number of H-pyrrole nitrogens is 1. The summed E-state index contributed by atoms with van der Waals surface area (Å²) in [6.07, 6.45) is -2.95. The number of hydrogen-bond acceptors (Lipinski definition) is 3. The summed E-state index contributed by atoms with van der Waals surface area (Å²) in [5, 5.41) is 3.07. The van der Waals surface area contributed by atoms with Gasteiger partial charge in [-0.05, 0) is 32.2 Å². The first-order valence-electron chi connectivity index (χ1n) is 8.95. The number of alkyl halides is 3. The third-order valence-corrected chi connectivity index (χ3v) is 4.79. The first kappa shape index (κ1) is 20.6. The zero-order valence-corrected chi connectivity index (χ0v) is 15.9. The number of fused-ring (bicyclic) bond motifs is 1. The van der Waals surface area contributed by atoms with Crippen molar-refractivity contribution in [2.45, 2.75) is 19.1 Å². The average Bonchev–Trinajstić information content (AvgIpc) is 3.10. The standard InChI is InChI=1S/C21H20F3N3O2/c1-13(20(29)15-11-25-17-9-5-3-7-14(15)17)27(2)12-19(28)26-18-10-6-4-8-16(18)21(22,23)24/h3-11,13,25H,12H2,1-2H3,(H,26,28). The quantitative estimate of drug-likeness (QED) is 0.602. The van der Waals surface area contributed by atoms with E-state index in [4.69, 9.17) is 0 Å². The van der Waals surface area contributed by atoms with E-state index in [0.29, 0.717) is 5.56 Å². The molecule has 0 spiro atoms. The molecule has 0 saturated heterocycles. The van der Waals surface area contributed by atoms with Crippen LogP contribution >= 0.6 is 0 Å². The van der Waals surface area contributed by atoms with Gasteiger partial charge in [-0.2, -0.15) is 13.2 Å². The lowest BCUT2D eigenvalue weighted by Crippen LogP contribution is -2.41. The molecule has 5 nitrogen and oxygen atoms in total. The van der Waals surface area contributed by atoms with Crippen molar-refractivity contribution in [3.8, 4) is 0 Å². The second-order valence-electron chi connectivity index (χ2n) is 6.79. The molecular formula is C21H20F3N3O2. The molecule has 1 heterocycles. The predicted molar refractivity (Wildman–Crippen MR) is 105 cm³/mol. The number of hydrogen-bond donors (Lipinski definition) is 2. The highest BCUT2D eigenvalue weighted by molar-refractivity contribution is 6.10. The number of amides is 1. The van der Waals surface area contributed by atoms with Crippen LogP contribution in [0.5, 0.6) is 0 Å². The third-order valence-electron chi connectivity index (χ3n) is 4.79. The maximum Gasteiger partial charge on any atom is 0.418 e. The Morgan fingerprint density at radius 1 is 1.10 bits per heavy atom. The van der Waals surface area contributed by atoms with Gasteiger partial charge in [0.1, 0.15) is 0 Å². The number of halogens is 3. The number of aromatic nitrogens is 1. The molecule has 0 aliphatic rings. The van der Waals surface area contributed by atoms with Crippen molar-refractivity contribution in [3.05, 3.63) is 65.9 Å². The van der Waals surface area contributed by atoms with Crippen molar-refractivity contribution < 1.29 is 22.8 Å². The molecule has 1 atom stereocenters.